The number of anilines is 2. The lowest BCUT2D eigenvalue weighted by atomic mass is 10.1. The number of nitrogens with one attached hydrogen (secondary N) is 1. The third kappa shape index (κ3) is 2.70. The Morgan fingerprint density at radius 1 is 1.05 bits per heavy atom. The van der Waals surface area contributed by atoms with Crippen LogP contribution in [0, 0.1) is 17.5 Å². The molecular formula is C13H7ClF3NO2. The fourth-order valence-electron chi connectivity index (χ4n) is 1.56. The molecule has 2 rings (SSSR count). The molecule has 0 aliphatic heterocycles. The van der Waals surface area contributed by atoms with Gasteiger partial charge >= 0.3 is 5.97 Å². The first-order valence-electron chi connectivity index (χ1n) is 5.33. The van der Waals surface area contributed by atoms with E-state index in [0.29, 0.717) is 12.1 Å². The van der Waals surface area contributed by atoms with Crippen molar-refractivity contribution in [3.05, 3.63) is 58.4 Å². The predicted molar refractivity (Wildman–Crippen MR) is 68.0 cm³/mol. The van der Waals surface area contributed by atoms with Crippen molar-refractivity contribution in [2.24, 2.45) is 0 Å². The number of hydrogen-bond donors (Lipinski definition) is 2. The summed E-state index contributed by atoms with van der Waals surface area (Å²) in [5, 5.41) is 10.8. The Labute approximate surface area is 116 Å². The number of aromatic carboxylic acids is 1. The standard InChI is InChI=1S/C13H7ClF3NO2/c14-7-2-1-3-8(15)11(7)18-12-9(16)4-6(13(19)20)5-10(12)17/h1-5,18H,(H,19,20). The van der Waals surface area contributed by atoms with Crippen LogP contribution in [0.25, 0.3) is 0 Å². The Kier molecular flexibility index (Phi) is 3.85. The van der Waals surface area contributed by atoms with Gasteiger partial charge < -0.3 is 10.4 Å². The molecule has 2 aromatic carbocycles. The Morgan fingerprint density at radius 3 is 2.15 bits per heavy atom. The van der Waals surface area contributed by atoms with Crippen LogP contribution in [-0.2, 0) is 0 Å². The summed E-state index contributed by atoms with van der Waals surface area (Å²) in [6.07, 6.45) is 0. The van der Waals surface area contributed by atoms with Crippen LogP contribution in [0.4, 0.5) is 24.5 Å². The molecule has 0 fully saturated rings. The number of benzene rings is 2. The topological polar surface area (TPSA) is 49.3 Å². The third-order valence-electron chi connectivity index (χ3n) is 2.50. The average Bonchev–Trinajstić information content (AvgIpc) is 2.36. The summed E-state index contributed by atoms with van der Waals surface area (Å²) in [6.45, 7) is 0. The van der Waals surface area contributed by atoms with E-state index in [4.69, 9.17) is 16.7 Å². The zero-order valence-electron chi connectivity index (χ0n) is 9.75. The lowest BCUT2D eigenvalue weighted by Crippen LogP contribution is -2.04. The van der Waals surface area contributed by atoms with Gasteiger partial charge in [0.1, 0.15) is 11.5 Å². The monoisotopic (exact) mass is 301 g/mol. The van der Waals surface area contributed by atoms with E-state index in [1.165, 1.54) is 12.1 Å². The molecule has 0 unspecified atom stereocenters. The van der Waals surface area contributed by atoms with Gasteiger partial charge in [0.2, 0.25) is 0 Å². The molecule has 2 N–H and O–H groups in total. The number of carboxylic acids is 1. The first-order chi connectivity index (χ1) is 9.40. The maximum Gasteiger partial charge on any atom is 0.335 e. The van der Waals surface area contributed by atoms with Crippen LogP contribution in [-0.4, -0.2) is 11.1 Å². The molecular weight excluding hydrogens is 295 g/mol. The second kappa shape index (κ2) is 5.42. The van der Waals surface area contributed by atoms with E-state index in [0.717, 1.165) is 6.07 Å². The van der Waals surface area contributed by atoms with E-state index in [2.05, 4.69) is 5.32 Å². The summed E-state index contributed by atoms with van der Waals surface area (Å²) in [5.74, 6) is -4.60. The van der Waals surface area contributed by atoms with Gasteiger partial charge in [-0.15, -0.1) is 0 Å². The van der Waals surface area contributed by atoms with Gasteiger partial charge in [-0.05, 0) is 24.3 Å². The van der Waals surface area contributed by atoms with Crippen molar-refractivity contribution in [3.63, 3.8) is 0 Å². The maximum atomic E-state index is 13.7. The van der Waals surface area contributed by atoms with Gasteiger partial charge in [0, 0.05) is 0 Å². The molecule has 0 aliphatic rings. The Bertz CT molecular complexity index is 648. The summed E-state index contributed by atoms with van der Waals surface area (Å²) >= 11 is 5.72. The lowest BCUT2D eigenvalue weighted by Gasteiger charge is -2.11. The highest BCUT2D eigenvalue weighted by molar-refractivity contribution is 6.33. The zero-order valence-corrected chi connectivity index (χ0v) is 10.5. The summed E-state index contributed by atoms with van der Waals surface area (Å²) in [7, 11) is 0. The molecule has 2 aromatic rings. The Morgan fingerprint density at radius 2 is 1.65 bits per heavy atom. The van der Waals surface area contributed by atoms with E-state index >= 15 is 0 Å². The fraction of sp³-hybridized carbons (Fsp3) is 0. The van der Waals surface area contributed by atoms with Gasteiger partial charge in [-0.25, -0.2) is 18.0 Å². The van der Waals surface area contributed by atoms with Crippen LogP contribution in [0.1, 0.15) is 10.4 Å². The number of hydrogen-bond acceptors (Lipinski definition) is 2. The van der Waals surface area contributed by atoms with Crippen LogP contribution >= 0.6 is 11.6 Å². The summed E-state index contributed by atoms with van der Waals surface area (Å²) in [5.41, 5.74) is -1.53. The molecule has 0 atom stereocenters. The van der Waals surface area contributed by atoms with E-state index in [1.54, 1.807) is 0 Å². The van der Waals surface area contributed by atoms with E-state index in [-0.39, 0.29) is 10.7 Å². The van der Waals surface area contributed by atoms with Crippen LogP contribution in [0.5, 0.6) is 0 Å². The Hall–Kier alpha value is -2.21. The molecule has 7 heteroatoms. The number of halogens is 4. The quantitative estimate of drug-likeness (QED) is 0.893. The SMILES string of the molecule is O=C(O)c1cc(F)c(Nc2c(F)cccc2Cl)c(F)c1. The summed E-state index contributed by atoms with van der Waals surface area (Å²) in [4.78, 5) is 10.6. The van der Waals surface area contributed by atoms with Gasteiger partial charge in [0.15, 0.2) is 11.6 Å². The minimum Gasteiger partial charge on any atom is -0.478 e. The molecule has 0 aromatic heterocycles. The first kappa shape index (κ1) is 14.2. The second-order valence-electron chi connectivity index (χ2n) is 3.84. The lowest BCUT2D eigenvalue weighted by molar-refractivity contribution is 0.0696. The molecule has 0 heterocycles. The molecule has 104 valence electrons. The van der Waals surface area contributed by atoms with Crippen molar-refractivity contribution in [2.45, 2.75) is 0 Å². The van der Waals surface area contributed by atoms with Gasteiger partial charge in [-0.1, -0.05) is 17.7 Å². The first-order valence-corrected chi connectivity index (χ1v) is 5.71. The molecule has 0 spiro atoms. The fourth-order valence-corrected chi connectivity index (χ4v) is 1.77. The molecule has 0 amide bonds. The largest absolute Gasteiger partial charge is 0.478 e. The minimum atomic E-state index is -1.47. The molecule has 0 radical (unpaired) electrons. The van der Waals surface area contributed by atoms with Crippen LogP contribution in [0.15, 0.2) is 30.3 Å². The highest BCUT2D eigenvalue weighted by Gasteiger charge is 2.17. The van der Waals surface area contributed by atoms with E-state index in [1.807, 2.05) is 0 Å². The Balaban J connectivity index is 2.47. The highest BCUT2D eigenvalue weighted by atomic mass is 35.5. The van der Waals surface area contributed by atoms with Gasteiger partial charge in [0.25, 0.3) is 0 Å². The van der Waals surface area contributed by atoms with Gasteiger partial charge in [0.05, 0.1) is 16.3 Å². The molecule has 0 aliphatic carbocycles. The highest BCUT2D eigenvalue weighted by Crippen LogP contribution is 2.31. The van der Waals surface area contributed by atoms with Crippen LogP contribution in [0.3, 0.4) is 0 Å². The average molecular weight is 302 g/mol. The number of carbonyl (C=O) groups is 1. The van der Waals surface area contributed by atoms with Crippen molar-refractivity contribution in [3.8, 4) is 0 Å². The summed E-state index contributed by atoms with van der Waals surface area (Å²) < 4.78 is 40.9. The van der Waals surface area contributed by atoms with E-state index in [9.17, 15) is 18.0 Å². The number of carboxylic acid groups (broad SMARTS) is 1. The normalized spacial score (nSPS) is 10.4. The van der Waals surface area contributed by atoms with Crippen molar-refractivity contribution >= 4 is 28.9 Å². The maximum absolute atomic E-state index is 13.7. The van der Waals surface area contributed by atoms with Gasteiger partial charge in [-0.3, -0.25) is 0 Å². The predicted octanol–water partition coefficient (Wildman–Crippen LogP) is 4.20. The second-order valence-corrected chi connectivity index (χ2v) is 4.25. The molecule has 3 nitrogen and oxygen atoms in total. The number of para-hydroxylation sites is 1. The van der Waals surface area contributed by atoms with E-state index < -0.39 is 34.7 Å². The number of rotatable bonds is 3. The molecule has 0 saturated carbocycles. The van der Waals surface area contributed by atoms with Gasteiger partial charge in [-0.2, -0.15) is 0 Å². The summed E-state index contributed by atoms with van der Waals surface area (Å²) in [6, 6.07) is 5.00. The van der Waals surface area contributed by atoms with Crippen molar-refractivity contribution < 1.29 is 23.1 Å². The van der Waals surface area contributed by atoms with Crippen molar-refractivity contribution in [1.29, 1.82) is 0 Å². The minimum absolute atomic E-state index is 0.0638. The van der Waals surface area contributed by atoms with Crippen molar-refractivity contribution in [1.82, 2.24) is 0 Å². The molecule has 0 saturated heterocycles. The van der Waals surface area contributed by atoms with Crippen LogP contribution in [0.2, 0.25) is 5.02 Å². The smallest absolute Gasteiger partial charge is 0.335 e. The third-order valence-corrected chi connectivity index (χ3v) is 2.82. The molecule has 20 heavy (non-hydrogen) atoms. The zero-order chi connectivity index (χ0) is 14.9. The molecule has 0 bridgehead atoms. The van der Waals surface area contributed by atoms with Crippen molar-refractivity contribution in [2.75, 3.05) is 5.32 Å². The van der Waals surface area contributed by atoms with Crippen LogP contribution < -0.4 is 5.32 Å².